The molecular weight excluding hydrogens is 977 g/mol. The average molecular weight is 1050 g/mol. The van der Waals surface area contributed by atoms with Crippen molar-refractivity contribution < 1.29 is 0 Å². The van der Waals surface area contributed by atoms with Crippen LogP contribution in [0.25, 0.3) is 118 Å². The molecule has 6 aromatic heterocycles. The fraction of sp³-hybridized carbons (Fsp3) is 0.236. The van der Waals surface area contributed by atoms with Crippen LogP contribution in [-0.2, 0) is 16.2 Å². The van der Waals surface area contributed by atoms with Crippen molar-refractivity contribution in [3.8, 4) is 51.2 Å². The predicted molar refractivity (Wildman–Crippen MR) is 334 cm³/mol. The first-order valence-corrected chi connectivity index (χ1v) is 28.1. The largest absolute Gasteiger partial charge is 0.307 e. The van der Waals surface area contributed by atoms with Gasteiger partial charge >= 0.3 is 0 Å². The second kappa shape index (κ2) is 18.4. The maximum atomic E-state index is 5.48. The predicted octanol–water partition coefficient (Wildman–Crippen LogP) is 18.5. The molecule has 0 amide bonds. The van der Waals surface area contributed by atoms with Crippen LogP contribution in [0, 0.1) is 5.41 Å². The van der Waals surface area contributed by atoms with Crippen LogP contribution in [0.2, 0.25) is 0 Å². The molecule has 8 nitrogen and oxygen atoms in total. The summed E-state index contributed by atoms with van der Waals surface area (Å²) in [6.45, 7) is 27.7. The van der Waals surface area contributed by atoms with Gasteiger partial charge < -0.3 is 9.13 Å². The van der Waals surface area contributed by atoms with Gasteiger partial charge in [0.25, 0.3) is 0 Å². The van der Waals surface area contributed by atoms with Gasteiger partial charge in [0.05, 0.1) is 39.3 Å². The highest BCUT2D eigenvalue weighted by Gasteiger charge is 2.31. The smallest absolute Gasteiger partial charge is 0.164 e. The van der Waals surface area contributed by atoms with E-state index in [0.717, 1.165) is 84.5 Å². The third kappa shape index (κ3) is 8.55. The molecule has 0 fully saturated rings. The summed E-state index contributed by atoms with van der Waals surface area (Å²) in [5.41, 5.74) is 17.4. The maximum absolute atomic E-state index is 5.48. The van der Waals surface area contributed by atoms with Gasteiger partial charge in [-0.05, 0) is 124 Å². The standard InChI is InChI=1S/C72H68N8/c1-69(2,3)47-26-19-29-57-53(40-47)54-41-48(70(4,5)6)30-33-58(54)78(57)61-38-46(66-76-64(44-22-15-13-16-23-44)75-65(77-66)45-24-17-14-18-25-45)39-62(63(61)80-67-51(27-20-36-73-67)52-28-21-37-74-68(52)80)79-59-34-31-49(71(7,8)9)42-55(59)56-43-50(72(10,11)12)32-35-60(56)79/h13-25,27-43H,26H2,1-12H3. The van der Waals surface area contributed by atoms with E-state index in [-0.39, 0.29) is 21.7 Å². The summed E-state index contributed by atoms with van der Waals surface area (Å²) in [4.78, 5) is 26.8. The topological polar surface area (TPSA) is 79.2 Å². The third-order valence-corrected chi connectivity index (χ3v) is 16.3. The fourth-order valence-electron chi connectivity index (χ4n) is 11.8. The van der Waals surface area contributed by atoms with E-state index in [0.29, 0.717) is 17.5 Å². The number of pyridine rings is 2. The van der Waals surface area contributed by atoms with E-state index in [4.69, 9.17) is 24.9 Å². The molecule has 0 aliphatic heterocycles. The lowest BCUT2D eigenvalue weighted by molar-refractivity contribution is 0.498. The number of benzene rings is 6. The van der Waals surface area contributed by atoms with Gasteiger partial charge in [0, 0.05) is 61.6 Å². The van der Waals surface area contributed by atoms with Crippen LogP contribution in [0.4, 0.5) is 0 Å². The molecule has 6 heterocycles. The van der Waals surface area contributed by atoms with Gasteiger partial charge in [-0.25, -0.2) is 24.9 Å². The molecule has 396 valence electrons. The van der Waals surface area contributed by atoms with Crippen LogP contribution in [0.3, 0.4) is 0 Å². The Balaban J connectivity index is 1.28. The molecule has 13 rings (SSSR count). The molecule has 1 aliphatic carbocycles. The van der Waals surface area contributed by atoms with Gasteiger partial charge in [-0.1, -0.05) is 180 Å². The SMILES string of the molecule is CC(C)(C)C1=Cc2c(n(-c3cc(-c4nc(-c5ccccc5)nc(-c5ccccc5)n4)cc(-n4c5ccc(C(C)(C)C)cc5c5cc(C(C)(C)C)ccc54)c3-n3c4ncccc4c4cccnc43)c3ccc(C(C)(C)C)cc23)C=CC1. The minimum atomic E-state index is -0.0965. The Labute approximate surface area is 469 Å². The molecule has 0 N–H and O–H groups in total. The zero-order chi connectivity index (χ0) is 55.6. The van der Waals surface area contributed by atoms with Gasteiger partial charge in [-0.15, -0.1) is 0 Å². The van der Waals surface area contributed by atoms with Gasteiger partial charge in [0.15, 0.2) is 17.5 Å². The molecule has 0 atom stereocenters. The van der Waals surface area contributed by atoms with E-state index < -0.39 is 0 Å². The van der Waals surface area contributed by atoms with Crippen molar-refractivity contribution in [1.82, 2.24) is 38.6 Å². The summed E-state index contributed by atoms with van der Waals surface area (Å²) >= 11 is 0. The zero-order valence-electron chi connectivity index (χ0n) is 48.1. The number of hydrogen-bond acceptors (Lipinski definition) is 5. The van der Waals surface area contributed by atoms with Crippen LogP contribution in [0.15, 0.2) is 176 Å². The highest BCUT2D eigenvalue weighted by molar-refractivity contribution is 6.12. The lowest BCUT2D eigenvalue weighted by Crippen LogP contribution is -2.13. The molecule has 0 bridgehead atoms. The van der Waals surface area contributed by atoms with Crippen molar-refractivity contribution in [2.75, 3.05) is 0 Å². The Morgan fingerprint density at radius 2 is 0.825 bits per heavy atom. The minimum absolute atomic E-state index is 0.0670. The van der Waals surface area contributed by atoms with Crippen LogP contribution in [0.1, 0.15) is 117 Å². The summed E-state index contributed by atoms with van der Waals surface area (Å²) < 4.78 is 7.31. The molecule has 0 unspecified atom stereocenters. The lowest BCUT2D eigenvalue weighted by atomic mass is 9.83. The lowest BCUT2D eigenvalue weighted by Gasteiger charge is -2.24. The van der Waals surface area contributed by atoms with Crippen molar-refractivity contribution in [2.45, 2.75) is 106 Å². The Bertz CT molecular complexity index is 4330. The third-order valence-electron chi connectivity index (χ3n) is 16.3. The van der Waals surface area contributed by atoms with E-state index >= 15 is 0 Å². The Kier molecular flexibility index (Phi) is 11.7. The van der Waals surface area contributed by atoms with Gasteiger partial charge in [0.1, 0.15) is 11.3 Å². The summed E-state index contributed by atoms with van der Waals surface area (Å²) in [7, 11) is 0. The Morgan fingerprint density at radius 1 is 0.388 bits per heavy atom. The zero-order valence-corrected chi connectivity index (χ0v) is 48.1. The fourth-order valence-corrected chi connectivity index (χ4v) is 11.8. The van der Waals surface area contributed by atoms with Gasteiger partial charge in [-0.2, -0.15) is 0 Å². The summed E-state index contributed by atoms with van der Waals surface area (Å²) in [6, 6.07) is 54.8. The van der Waals surface area contributed by atoms with E-state index in [1.807, 2.05) is 60.9 Å². The highest BCUT2D eigenvalue weighted by atomic mass is 15.2. The first-order chi connectivity index (χ1) is 38.2. The second-order valence-corrected chi connectivity index (χ2v) is 25.9. The number of allylic oxidation sites excluding steroid dienone is 2. The van der Waals surface area contributed by atoms with E-state index in [2.05, 4.69) is 218 Å². The van der Waals surface area contributed by atoms with Crippen LogP contribution >= 0.6 is 0 Å². The number of nitrogens with zero attached hydrogens (tertiary/aromatic N) is 8. The molecule has 0 saturated heterocycles. The molecule has 0 radical (unpaired) electrons. The summed E-state index contributed by atoms with van der Waals surface area (Å²) in [5.74, 6) is 1.74. The summed E-state index contributed by atoms with van der Waals surface area (Å²) in [5, 5.41) is 5.60. The van der Waals surface area contributed by atoms with Gasteiger partial charge in [0.2, 0.25) is 0 Å². The first kappa shape index (κ1) is 50.7. The van der Waals surface area contributed by atoms with Crippen molar-refractivity contribution >= 4 is 66.9 Å². The molecule has 8 heteroatoms. The number of rotatable bonds is 6. The number of fused-ring (bicyclic) bond motifs is 9. The van der Waals surface area contributed by atoms with E-state index in [9.17, 15) is 0 Å². The first-order valence-electron chi connectivity index (χ1n) is 28.1. The maximum Gasteiger partial charge on any atom is 0.164 e. The number of aromatic nitrogens is 8. The highest BCUT2D eigenvalue weighted by Crippen LogP contribution is 2.47. The second-order valence-electron chi connectivity index (χ2n) is 25.9. The Morgan fingerprint density at radius 3 is 1.29 bits per heavy atom. The van der Waals surface area contributed by atoms with Crippen LogP contribution in [-0.4, -0.2) is 38.6 Å². The molecule has 12 aromatic rings. The van der Waals surface area contributed by atoms with Crippen molar-refractivity contribution in [3.05, 3.63) is 204 Å². The molecule has 0 spiro atoms. The monoisotopic (exact) mass is 1040 g/mol. The van der Waals surface area contributed by atoms with Crippen molar-refractivity contribution in [1.29, 1.82) is 0 Å². The van der Waals surface area contributed by atoms with Gasteiger partial charge in [-0.3, -0.25) is 4.57 Å². The van der Waals surface area contributed by atoms with Crippen LogP contribution in [0.5, 0.6) is 0 Å². The molecule has 1 aliphatic rings. The Hall–Kier alpha value is -8.75. The van der Waals surface area contributed by atoms with Crippen LogP contribution < -0.4 is 0 Å². The average Bonchev–Trinajstić information content (AvgIpc) is 4.01. The minimum Gasteiger partial charge on any atom is -0.307 e. The molecule has 80 heavy (non-hydrogen) atoms. The molecule has 0 saturated carbocycles. The van der Waals surface area contributed by atoms with E-state index in [1.165, 1.54) is 44.0 Å². The normalized spacial score (nSPS) is 13.5. The quantitative estimate of drug-likeness (QED) is 0.166. The molecular formula is C72H68N8. The number of hydrogen-bond donors (Lipinski definition) is 0. The van der Waals surface area contributed by atoms with Crippen molar-refractivity contribution in [3.63, 3.8) is 0 Å². The van der Waals surface area contributed by atoms with Crippen molar-refractivity contribution in [2.24, 2.45) is 5.41 Å². The van der Waals surface area contributed by atoms with E-state index in [1.54, 1.807) is 0 Å². The summed E-state index contributed by atoms with van der Waals surface area (Å²) in [6.07, 6.45) is 11.8. The molecule has 6 aromatic carbocycles.